The molecule has 0 fully saturated rings. The first kappa shape index (κ1) is 17.3. The van der Waals surface area contributed by atoms with Crippen LogP contribution in [-0.4, -0.2) is 25.6 Å². The number of pyridine rings is 1. The molecule has 1 amide bonds. The topological polar surface area (TPSA) is 103 Å². The maximum Gasteiger partial charge on any atom is 0.312 e. The molecule has 8 heteroatoms. The molecule has 0 unspecified atom stereocenters. The minimum absolute atomic E-state index is 0.0383. The Bertz CT molecular complexity index is 949. The van der Waals surface area contributed by atoms with E-state index in [-0.39, 0.29) is 11.6 Å². The first-order valence-electron chi connectivity index (χ1n) is 7.95. The van der Waals surface area contributed by atoms with Crippen LogP contribution in [0.15, 0.2) is 48.7 Å². The van der Waals surface area contributed by atoms with Crippen molar-refractivity contribution < 1.29 is 9.72 Å². The summed E-state index contributed by atoms with van der Waals surface area (Å²) in [6, 6.07) is 12.3. The third-order valence-electron chi connectivity index (χ3n) is 3.98. The summed E-state index contributed by atoms with van der Waals surface area (Å²) in [7, 11) is 0. The van der Waals surface area contributed by atoms with Gasteiger partial charge in [-0.1, -0.05) is 18.2 Å². The standard InChI is InChI=1S/C18H17N5O3/c1-12-17(23(25)26)13(2)22(21-12)11-14-6-8-15(9-7-14)18(24)20-16-5-3-4-10-19-16/h3-10H,11H2,1-2H3,(H,19,20,24). The molecule has 0 bridgehead atoms. The number of amides is 1. The van der Waals surface area contributed by atoms with Gasteiger partial charge < -0.3 is 5.32 Å². The number of nitrogens with zero attached hydrogens (tertiary/aromatic N) is 4. The van der Waals surface area contributed by atoms with E-state index in [1.165, 1.54) is 0 Å². The molecule has 8 nitrogen and oxygen atoms in total. The number of hydrogen-bond acceptors (Lipinski definition) is 5. The summed E-state index contributed by atoms with van der Waals surface area (Å²) in [6.07, 6.45) is 1.60. The molecule has 1 aromatic carbocycles. The Labute approximate surface area is 149 Å². The lowest BCUT2D eigenvalue weighted by Crippen LogP contribution is -2.13. The van der Waals surface area contributed by atoms with Gasteiger partial charge in [0.05, 0.1) is 11.5 Å². The molecule has 1 N–H and O–H groups in total. The zero-order valence-corrected chi connectivity index (χ0v) is 14.3. The van der Waals surface area contributed by atoms with Gasteiger partial charge in [0, 0.05) is 11.8 Å². The highest BCUT2D eigenvalue weighted by atomic mass is 16.6. The summed E-state index contributed by atoms with van der Waals surface area (Å²) in [4.78, 5) is 26.9. The number of carbonyl (C=O) groups excluding carboxylic acids is 1. The summed E-state index contributed by atoms with van der Waals surface area (Å²) in [5.41, 5.74) is 2.32. The molecule has 0 radical (unpaired) electrons. The van der Waals surface area contributed by atoms with Crippen LogP contribution in [0.2, 0.25) is 0 Å². The van der Waals surface area contributed by atoms with Crippen LogP contribution < -0.4 is 5.32 Å². The van der Waals surface area contributed by atoms with Crippen LogP contribution in [-0.2, 0) is 6.54 Å². The van der Waals surface area contributed by atoms with Crippen molar-refractivity contribution in [3.63, 3.8) is 0 Å². The molecular weight excluding hydrogens is 334 g/mol. The van der Waals surface area contributed by atoms with E-state index in [0.717, 1.165) is 5.56 Å². The SMILES string of the molecule is Cc1nn(Cc2ccc(C(=O)Nc3ccccn3)cc2)c(C)c1[N+](=O)[O-]. The Morgan fingerprint density at radius 1 is 1.19 bits per heavy atom. The molecule has 3 rings (SSSR count). The van der Waals surface area contributed by atoms with Crippen LogP contribution in [0.4, 0.5) is 11.5 Å². The van der Waals surface area contributed by atoms with Crippen LogP contribution >= 0.6 is 0 Å². The van der Waals surface area contributed by atoms with Crippen molar-refractivity contribution >= 4 is 17.4 Å². The largest absolute Gasteiger partial charge is 0.312 e. The van der Waals surface area contributed by atoms with E-state index in [4.69, 9.17) is 0 Å². The van der Waals surface area contributed by atoms with Crippen molar-refractivity contribution in [2.75, 3.05) is 5.32 Å². The number of anilines is 1. The number of nitro groups is 1. The second kappa shape index (κ2) is 7.14. The fraction of sp³-hybridized carbons (Fsp3) is 0.167. The molecule has 0 saturated heterocycles. The Morgan fingerprint density at radius 2 is 1.92 bits per heavy atom. The van der Waals surface area contributed by atoms with Gasteiger partial charge in [-0.15, -0.1) is 0 Å². The highest BCUT2D eigenvalue weighted by Crippen LogP contribution is 2.22. The van der Waals surface area contributed by atoms with E-state index in [9.17, 15) is 14.9 Å². The molecular formula is C18H17N5O3. The quantitative estimate of drug-likeness (QED) is 0.562. The van der Waals surface area contributed by atoms with Crippen molar-refractivity contribution in [1.82, 2.24) is 14.8 Å². The predicted octanol–water partition coefficient (Wildman–Crippen LogP) is 3.10. The maximum absolute atomic E-state index is 12.2. The van der Waals surface area contributed by atoms with Crippen LogP contribution in [0.1, 0.15) is 27.3 Å². The van der Waals surface area contributed by atoms with Gasteiger partial charge in [0.2, 0.25) is 0 Å². The molecule has 0 saturated carbocycles. The molecule has 132 valence electrons. The van der Waals surface area contributed by atoms with Gasteiger partial charge in [-0.05, 0) is 43.7 Å². The zero-order valence-electron chi connectivity index (χ0n) is 14.3. The molecule has 26 heavy (non-hydrogen) atoms. The average Bonchev–Trinajstić information content (AvgIpc) is 2.90. The van der Waals surface area contributed by atoms with E-state index >= 15 is 0 Å². The van der Waals surface area contributed by atoms with Crippen LogP contribution in [0.25, 0.3) is 0 Å². The van der Waals surface area contributed by atoms with Crippen molar-refractivity contribution in [3.8, 4) is 0 Å². The lowest BCUT2D eigenvalue weighted by Gasteiger charge is -2.07. The summed E-state index contributed by atoms with van der Waals surface area (Å²) >= 11 is 0. The lowest BCUT2D eigenvalue weighted by molar-refractivity contribution is -0.386. The molecule has 0 aliphatic heterocycles. The van der Waals surface area contributed by atoms with Crippen LogP contribution in [0.5, 0.6) is 0 Å². The molecule has 2 aromatic heterocycles. The van der Waals surface area contributed by atoms with Gasteiger partial charge in [0.25, 0.3) is 5.91 Å². The van der Waals surface area contributed by atoms with Crippen molar-refractivity contribution in [1.29, 1.82) is 0 Å². The summed E-state index contributed by atoms with van der Waals surface area (Å²) in [6.45, 7) is 3.68. The molecule has 3 aromatic rings. The first-order valence-corrected chi connectivity index (χ1v) is 7.95. The van der Waals surface area contributed by atoms with E-state index < -0.39 is 4.92 Å². The number of hydrogen-bond donors (Lipinski definition) is 1. The van der Waals surface area contributed by atoms with Gasteiger partial charge in [-0.2, -0.15) is 5.10 Å². The highest BCUT2D eigenvalue weighted by molar-refractivity contribution is 6.03. The van der Waals surface area contributed by atoms with Crippen molar-refractivity contribution in [3.05, 3.63) is 81.3 Å². The highest BCUT2D eigenvalue weighted by Gasteiger charge is 2.21. The summed E-state index contributed by atoms with van der Waals surface area (Å²) < 4.78 is 1.59. The number of nitrogens with one attached hydrogen (secondary N) is 1. The molecule has 2 heterocycles. The van der Waals surface area contributed by atoms with E-state index in [1.54, 1.807) is 67.2 Å². The van der Waals surface area contributed by atoms with Gasteiger partial charge in [-0.25, -0.2) is 4.98 Å². The average molecular weight is 351 g/mol. The zero-order chi connectivity index (χ0) is 18.7. The fourth-order valence-corrected chi connectivity index (χ4v) is 2.67. The lowest BCUT2D eigenvalue weighted by atomic mass is 10.1. The Kier molecular flexibility index (Phi) is 4.74. The predicted molar refractivity (Wildman–Crippen MR) is 96.1 cm³/mol. The van der Waals surface area contributed by atoms with E-state index in [0.29, 0.717) is 29.3 Å². The van der Waals surface area contributed by atoms with E-state index in [1.807, 2.05) is 0 Å². The summed E-state index contributed by atoms with van der Waals surface area (Å²) in [5, 5.41) is 18.0. The Hall–Kier alpha value is -3.55. The number of rotatable bonds is 5. The fourth-order valence-electron chi connectivity index (χ4n) is 2.67. The first-order chi connectivity index (χ1) is 12.5. The third-order valence-corrected chi connectivity index (χ3v) is 3.98. The molecule has 0 spiro atoms. The second-order valence-electron chi connectivity index (χ2n) is 5.80. The van der Waals surface area contributed by atoms with Crippen LogP contribution in [0, 0.1) is 24.0 Å². The molecule has 0 aliphatic rings. The minimum atomic E-state index is -0.417. The van der Waals surface area contributed by atoms with Gasteiger partial charge in [0.1, 0.15) is 17.2 Å². The Morgan fingerprint density at radius 3 is 2.50 bits per heavy atom. The normalized spacial score (nSPS) is 10.5. The Balaban J connectivity index is 1.73. The number of carbonyl (C=O) groups is 1. The van der Waals surface area contributed by atoms with Gasteiger partial charge in [-0.3, -0.25) is 19.6 Å². The van der Waals surface area contributed by atoms with E-state index in [2.05, 4.69) is 15.4 Å². The second-order valence-corrected chi connectivity index (χ2v) is 5.80. The molecule has 0 atom stereocenters. The minimum Gasteiger partial charge on any atom is -0.307 e. The van der Waals surface area contributed by atoms with Crippen molar-refractivity contribution in [2.24, 2.45) is 0 Å². The monoisotopic (exact) mass is 351 g/mol. The van der Waals surface area contributed by atoms with Crippen LogP contribution in [0.3, 0.4) is 0 Å². The number of aryl methyl sites for hydroxylation is 1. The molecule has 0 aliphatic carbocycles. The third kappa shape index (κ3) is 3.59. The number of aromatic nitrogens is 3. The van der Waals surface area contributed by atoms with Crippen molar-refractivity contribution in [2.45, 2.75) is 20.4 Å². The maximum atomic E-state index is 12.2. The summed E-state index contributed by atoms with van der Waals surface area (Å²) in [5.74, 6) is 0.230. The van der Waals surface area contributed by atoms with Gasteiger partial charge in [0.15, 0.2) is 0 Å². The van der Waals surface area contributed by atoms with Gasteiger partial charge >= 0.3 is 5.69 Å². The number of benzene rings is 1. The smallest absolute Gasteiger partial charge is 0.307 e.